The van der Waals surface area contributed by atoms with E-state index in [9.17, 15) is 0 Å². The minimum Gasteiger partial charge on any atom is -0.326 e. The Kier molecular flexibility index (Phi) is 4.61. The molecular formula is C10H13BrN4S2. The van der Waals surface area contributed by atoms with Gasteiger partial charge in [0, 0.05) is 10.9 Å². The van der Waals surface area contributed by atoms with Crippen molar-refractivity contribution in [2.75, 3.05) is 0 Å². The van der Waals surface area contributed by atoms with Crippen LogP contribution >= 0.6 is 39.0 Å². The van der Waals surface area contributed by atoms with Gasteiger partial charge in [-0.1, -0.05) is 18.7 Å². The summed E-state index contributed by atoms with van der Waals surface area (Å²) in [5, 5.41) is 7.74. The number of aromatic amines is 1. The van der Waals surface area contributed by atoms with Gasteiger partial charge >= 0.3 is 0 Å². The maximum absolute atomic E-state index is 6.18. The molecule has 2 rings (SSSR count). The van der Waals surface area contributed by atoms with E-state index < -0.39 is 0 Å². The molecule has 2 atom stereocenters. The largest absolute Gasteiger partial charge is 0.326 e. The first-order valence-electron chi connectivity index (χ1n) is 5.23. The summed E-state index contributed by atoms with van der Waals surface area (Å²) in [6, 6.07) is 4.27. The summed E-state index contributed by atoms with van der Waals surface area (Å²) in [6.45, 7) is 2.10. The zero-order chi connectivity index (χ0) is 12.3. The van der Waals surface area contributed by atoms with E-state index >= 15 is 0 Å². The maximum Gasteiger partial charge on any atom is 0.184 e. The van der Waals surface area contributed by atoms with Crippen LogP contribution in [0.1, 0.15) is 23.5 Å². The summed E-state index contributed by atoms with van der Waals surface area (Å²) in [7, 11) is 0. The predicted octanol–water partition coefficient (Wildman–Crippen LogP) is 3.20. The summed E-state index contributed by atoms with van der Waals surface area (Å²) in [5.74, 6) is 0. The highest BCUT2D eigenvalue weighted by atomic mass is 79.9. The zero-order valence-corrected chi connectivity index (χ0v) is 12.5. The van der Waals surface area contributed by atoms with Crippen molar-refractivity contribution in [3.63, 3.8) is 0 Å². The second kappa shape index (κ2) is 5.99. The lowest BCUT2D eigenvalue weighted by Crippen LogP contribution is -2.25. The van der Waals surface area contributed by atoms with Crippen LogP contribution in [0, 0.1) is 0 Å². The Labute approximate surface area is 117 Å². The molecule has 0 aromatic carbocycles. The number of H-pyrrole nitrogens is 1. The van der Waals surface area contributed by atoms with Gasteiger partial charge in [0.1, 0.15) is 6.33 Å². The second-order valence-electron chi connectivity index (χ2n) is 3.54. The van der Waals surface area contributed by atoms with Crippen molar-refractivity contribution in [2.45, 2.75) is 29.8 Å². The van der Waals surface area contributed by atoms with E-state index in [1.165, 1.54) is 11.2 Å². The van der Waals surface area contributed by atoms with Gasteiger partial charge in [-0.15, -0.1) is 11.3 Å². The van der Waals surface area contributed by atoms with Crippen LogP contribution in [-0.4, -0.2) is 21.2 Å². The van der Waals surface area contributed by atoms with E-state index in [-0.39, 0.29) is 11.3 Å². The van der Waals surface area contributed by atoms with Crippen LogP contribution in [0.5, 0.6) is 0 Å². The van der Waals surface area contributed by atoms with Crippen LogP contribution in [0.4, 0.5) is 0 Å². The Balaban J connectivity index is 2.19. The van der Waals surface area contributed by atoms with Gasteiger partial charge in [0.05, 0.1) is 9.04 Å². The number of hydrogen-bond donors (Lipinski definition) is 2. The van der Waals surface area contributed by atoms with Crippen molar-refractivity contribution in [1.29, 1.82) is 0 Å². The summed E-state index contributed by atoms with van der Waals surface area (Å²) in [5.41, 5.74) is 6.18. The molecule has 2 heterocycles. The SMILES string of the molecule is CCC(N)C(Sc1ncn[nH]1)c1ccc(Br)s1. The molecule has 0 saturated carbocycles. The molecule has 0 aliphatic rings. The lowest BCUT2D eigenvalue weighted by Gasteiger charge is -2.19. The third-order valence-corrected chi connectivity index (χ3v) is 5.50. The number of thiophene rings is 1. The molecular weight excluding hydrogens is 320 g/mol. The van der Waals surface area contributed by atoms with Crippen LogP contribution in [-0.2, 0) is 0 Å². The normalized spacial score (nSPS) is 14.8. The standard InChI is InChI=1S/C10H13BrN4S2/c1-2-6(12)9(7-3-4-8(11)16-7)17-10-13-5-14-15-10/h3-6,9H,2,12H2,1H3,(H,13,14,15). The van der Waals surface area contributed by atoms with Crippen LogP contribution in [0.15, 0.2) is 27.4 Å². The first-order chi connectivity index (χ1) is 8.20. The average molecular weight is 333 g/mol. The van der Waals surface area contributed by atoms with Crippen LogP contribution < -0.4 is 5.73 Å². The molecule has 7 heteroatoms. The van der Waals surface area contributed by atoms with Crippen molar-refractivity contribution >= 4 is 39.0 Å². The molecule has 0 saturated heterocycles. The van der Waals surface area contributed by atoms with Gasteiger partial charge in [-0.2, -0.15) is 5.10 Å². The molecule has 2 aromatic heterocycles. The third-order valence-electron chi connectivity index (χ3n) is 2.37. The van der Waals surface area contributed by atoms with E-state index in [0.29, 0.717) is 0 Å². The molecule has 0 radical (unpaired) electrons. The smallest absolute Gasteiger partial charge is 0.184 e. The Hall–Kier alpha value is -0.370. The van der Waals surface area contributed by atoms with Crippen LogP contribution in [0.3, 0.4) is 0 Å². The van der Waals surface area contributed by atoms with Crippen LogP contribution in [0.2, 0.25) is 0 Å². The molecule has 0 spiro atoms. The number of nitrogens with zero attached hydrogens (tertiary/aromatic N) is 2. The Morgan fingerprint density at radius 2 is 2.41 bits per heavy atom. The molecule has 0 aliphatic heterocycles. The highest BCUT2D eigenvalue weighted by Crippen LogP contribution is 2.40. The fourth-order valence-electron chi connectivity index (χ4n) is 1.42. The van der Waals surface area contributed by atoms with Crippen molar-refractivity contribution in [1.82, 2.24) is 15.2 Å². The predicted molar refractivity (Wildman–Crippen MR) is 75.3 cm³/mol. The molecule has 3 N–H and O–H groups in total. The van der Waals surface area contributed by atoms with Crippen molar-refractivity contribution < 1.29 is 0 Å². The minimum absolute atomic E-state index is 0.107. The van der Waals surface area contributed by atoms with E-state index in [1.807, 2.05) is 0 Å². The van der Waals surface area contributed by atoms with Gasteiger partial charge in [-0.25, -0.2) is 4.98 Å². The molecule has 2 unspecified atom stereocenters. The molecule has 0 aliphatic carbocycles. The topological polar surface area (TPSA) is 67.6 Å². The van der Waals surface area contributed by atoms with Gasteiger partial charge in [0.2, 0.25) is 0 Å². The number of halogens is 1. The molecule has 17 heavy (non-hydrogen) atoms. The zero-order valence-electron chi connectivity index (χ0n) is 9.26. The van der Waals surface area contributed by atoms with Gasteiger partial charge in [0.25, 0.3) is 0 Å². The minimum atomic E-state index is 0.107. The number of hydrogen-bond acceptors (Lipinski definition) is 5. The third kappa shape index (κ3) is 3.31. The Morgan fingerprint density at radius 1 is 1.59 bits per heavy atom. The number of nitrogens with one attached hydrogen (secondary N) is 1. The van der Waals surface area contributed by atoms with E-state index in [1.54, 1.807) is 23.1 Å². The average Bonchev–Trinajstić information content (AvgIpc) is 2.96. The van der Waals surface area contributed by atoms with Crippen LogP contribution in [0.25, 0.3) is 0 Å². The van der Waals surface area contributed by atoms with Gasteiger partial charge < -0.3 is 5.73 Å². The molecule has 0 bridgehead atoms. The van der Waals surface area contributed by atoms with Crippen molar-refractivity contribution in [3.8, 4) is 0 Å². The number of rotatable bonds is 5. The van der Waals surface area contributed by atoms with Crippen molar-refractivity contribution in [3.05, 3.63) is 27.1 Å². The van der Waals surface area contributed by atoms with Crippen molar-refractivity contribution in [2.24, 2.45) is 5.73 Å². The first kappa shape index (κ1) is 13.1. The highest BCUT2D eigenvalue weighted by molar-refractivity contribution is 9.11. The lowest BCUT2D eigenvalue weighted by molar-refractivity contribution is 0.638. The quantitative estimate of drug-likeness (QED) is 0.825. The number of nitrogens with two attached hydrogens (primary N) is 1. The van der Waals surface area contributed by atoms with Gasteiger partial charge in [0.15, 0.2) is 5.16 Å². The van der Waals surface area contributed by atoms with E-state index in [0.717, 1.165) is 15.4 Å². The Bertz CT molecular complexity index is 457. The van der Waals surface area contributed by atoms with Gasteiger partial charge in [-0.3, -0.25) is 5.10 Å². The summed E-state index contributed by atoms with van der Waals surface area (Å²) >= 11 is 6.83. The number of aromatic nitrogens is 3. The van der Waals surface area contributed by atoms with E-state index in [4.69, 9.17) is 5.73 Å². The molecule has 4 nitrogen and oxygen atoms in total. The fourth-order valence-corrected chi connectivity index (χ4v) is 4.21. The fraction of sp³-hybridized carbons (Fsp3) is 0.400. The lowest BCUT2D eigenvalue weighted by atomic mass is 10.1. The highest BCUT2D eigenvalue weighted by Gasteiger charge is 2.22. The molecule has 2 aromatic rings. The van der Waals surface area contributed by atoms with Gasteiger partial charge in [-0.05, 0) is 34.5 Å². The molecule has 92 valence electrons. The number of thioether (sulfide) groups is 1. The van der Waals surface area contributed by atoms with E-state index in [2.05, 4.69) is 50.2 Å². The summed E-state index contributed by atoms with van der Waals surface area (Å²) < 4.78 is 1.12. The molecule has 0 fully saturated rings. The Morgan fingerprint density at radius 3 is 2.94 bits per heavy atom. The molecule has 0 amide bonds. The maximum atomic E-state index is 6.18. The second-order valence-corrected chi connectivity index (χ2v) is 7.17. The summed E-state index contributed by atoms with van der Waals surface area (Å²) in [6.07, 6.45) is 2.45. The first-order valence-corrected chi connectivity index (χ1v) is 7.72. The summed E-state index contributed by atoms with van der Waals surface area (Å²) in [4.78, 5) is 5.40. The monoisotopic (exact) mass is 332 g/mol.